The number of nitrogens with zero attached hydrogens (tertiary/aromatic N) is 5. The van der Waals surface area contributed by atoms with Gasteiger partial charge < -0.3 is 20.0 Å². The fourth-order valence-electron chi connectivity index (χ4n) is 3.87. The fraction of sp³-hybridized carbons (Fsp3) is 0.409. The molecule has 1 saturated heterocycles. The Morgan fingerprint density at radius 3 is 2.70 bits per heavy atom. The minimum absolute atomic E-state index is 0.0220. The van der Waals surface area contributed by atoms with Crippen LogP contribution in [0.25, 0.3) is 22.0 Å². The molecule has 3 heterocycles. The lowest BCUT2D eigenvalue weighted by atomic mass is 10.0. The molecular weight excluding hydrogens is 378 g/mol. The number of likely N-dealkylation sites (N-methyl/N-ethyl adjacent to an activating group) is 1. The lowest BCUT2D eigenvalue weighted by Gasteiger charge is -2.36. The van der Waals surface area contributed by atoms with Crippen LogP contribution in [0, 0.1) is 6.92 Å². The van der Waals surface area contributed by atoms with Gasteiger partial charge in [-0.25, -0.2) is 4.79 Å². The van der Waals surface area contributed by atoms with Gasteiger partial charge in [0.1, 0.15) is 0 Å². The van der Waals surface area contributed by atoms with Gasteiger partial charge in [-0.05, 0) is 44.8 Å². The predicted molar refractivity (Wildman–Crippen MR) is 120 cm³/mol. The first-order valence-electron chi connectivity index (χ1n) is 10.3. The average Bonchev–Trinajstić information content (AvgIpc) is 3.18. The molecule has 1 fully saturated rings. The molecule has 0 bridgehead atoms. The summed E-state index contributed by atoms with van der Waals surface area (Å²) in [6, 6.07) is 8.44. The van der Waals surface area contributed by atoms with Crippen molar-refractivity contribution in [3.63, 3.8) is 0 Å². The van der Waals surface area contributed by atoms with E-state index >= 15 is 0 Å². The lowest BCUT2D eigenvalue weighted by molar-refractivity contribution is 0.193. The molecule has 4 rings (SSSR count). The molecule has 158 valence electrons. The summed E-state index contributed by atoms with van der Waals surface area (Å²) < 4.78 is 0. The van der Waals surface area contributed by atoms with Gasteiger partial charge in [0.15, 0.2) is 0 Å². The summed E-state index contributed by atoms with van der Waals surface area (Å²) in [5.74, 6) is 0. The van der Waals surface area contributed by atoms with Crippen molar-refractivity contribution in [3.05, 3.63) is 42.4 Å². The minimum atomic E-state index is 0.0220. The molecule has 8 heteroatoms. The van der Waals surface area contributed by atoms with Gasteiger partial charge in [-0.15, -0.1) is 0 Å². The third kappa shape index (κ3) is 4.23. The van der Waals surface area contributed by atoms with Crippen LogP contribution in [0.2, 0.25) is 0 Å². The van der Waals surface area contributed by atoms with Crippen molar-refractivity contribution in [2.24, 2.45) is 0 Å². The summed E-state index contributed by atoms with van der Waals surface area (Å²) >= 11 is 0. The summed E-state index contributed by atoms with van der Waals surface area (Å²) in [7, 11) is 4.01. The summed E-state index contributed by atoms with van der Waals surface area (Å²) in [6.07, 6.45) is 3.72. The Morgan fingerprint density at radius 2 is 2.00 bits per heavy atom. The number of anilines is 1. The summed E-state index contributed by atoms with van der Waals surface area (Å²) in [6.45, 7) is 6.55. The van der Waals surface area contributed by atoms with Crippen molar-refractivity contribution >= 4 is 22.6 Å². The highest BCUT2D eigenvalue weighted by Gasteiger charge is 2.22. The number of aromatic nitrogens is 3. The number of urea groups is 1. The number of fused-ring (bicyclic) bond motifs is 1. The van der Waals surface area contributed by atoms with E-state index in [1.54, 1.807) is 0 Å². The zero-order valence-corrected chi connectivity index (χ0v) is 17.9. The Labute approximate surface area is 176 Å². The highest BCUT2D eigenvalue weighted by molar-refractivity contribution is 5.95. The number of pyridine rings is 1. The number of carbonyl (C=O) groups is 1. The standard InChI is InChI=1S/C22H29N7O/c1-16-19(15-25-26-16)17-4-5-20-18(14-17)21(6-7-23-20)28-10-12-29(13-11-28)22(30)24-8-9-27(2)3/h4-7,14-15H,8-13H2,1-3H3,(H,24,30)(H,25,26). The van der Waals surface area contributed by atoms with Crippen LogP contribution in [0.4, 0.5) is 10.5 Å². The van der Waals surface area contributed by atoms with E-state index in [9.17, 15) is 4.79 Å². The van der Waals surface area contributed by atoms with E-state index < -0.39 is 0 Å². The molecule has 30 heavy (non-hydrogen) atoms. The van der Waals surface area contributed by atoms with Gasteiger partial charge in [-0.2, -0.15) is 5.10 Å². The van der Waals surface area contributed by atoms with E-state index in [0.29, 0.717) is 19.6 Å². The average molecular weight is 408 g/mol. The molecule has 1 aliphatic heterocycles. The first-order valence-corrected chi connectivity index (χ1v) is 10.3. The molecule has 0 saturated carbocycles. The first kappa shape index (κ1) is 20.2. The number of rotatable bonds is 5. The van der Waals surface area contributed by atoms with E-state index in [2.05, 4.69) is 54.6 Å². The van der Waals surface area contributed by atoms with Gasteiger partial charge in [0.25, 0.3) is 0 Å². The van der Waals surface area contributed by atoms with E-state index in [1.165, 1.54) is 0 Å². The topological polar surface area (TPSA) is 80.4 Å². The van der Waals surface area contributed by atoms with E-state index in [0.717, 1.165) is 53.0 Å². The third-order valence-electron chi connectivity index (χ3n) is 5.60. The second-order valence-electron chi connectivity index (χ2n) is 7.98. The van der Waals surface area contributed by atoms with Gasteiger partial charge in [0.05, 0.1) is 11.7 Å². The Kier molecular flexibility index (Phi) is 5.85. The van der Waals surface area contributed by atoms with Crippen molar-refractivity contribution < 1.29 is 4.79 Å². The maximum absolute atomic E-state index is 12.4. The van der Waals surface area contributed by atoms with Crippen molar-refractivity contribution in [2.75, 3.05) is 58.3 Å². The van der Waals surface area contributed by atoms with Crippen LogP contribution in [0.3, 0.4) is 0 Å². The molecule has 0 atom stereocenters. The van der Waals surface area contributed by atoms with Gasteiger partial charge in [0.2, 0.25) is 0 Å². The zero-order chi connectivity index (χ0) is 21.1. The van der Waals surface area contributed by atoms with Crippen LogP contribution >= 0.6 is 0 Å². The SMILES string of the molecule is Cc1[nH]ncc1-c1ccc2nccc(N3CCN(C(=O)NCCN(C)C)CC3)c2c1. The van der Waals surface area contributed by atoms with Crippen LogP contribution in [0.1, 0.15) is 5.69 Å². The van der Waals surface area contributed by atoms with Crippen LogP contribution in [0.15, 0.2) is 36.7 Å². The van der Waals surface area contributed by atoms with Gasteiger partial charge in [0, 0.05) is 67.8 Å². The van der Waals surface area contributed by atoms with Crippen LogP contribution in [-0.4, -0.2) is 84.4 Å². The number of carbonyl (C=O) groups excluding carboxylic acids is 1. The molecule has 0 unspecified atom stereocenters. The molecule has 1 aromatic carbocycles. The lowest BCUT2D eigenvalue weighted by Crippen LogP contribution is -2.52. The van der Waals surface area contributed by atoms with E-state index in [1.807, 2.05) is 38.3 Å². The van der Waals surface area contributed by atoms with Gasteiger partial charge in [-0.3, -0.25) is 10.1 Å². The number of benzene rings is 1. The second-order valence-corrected chi connectivity index (χ2v) is 7.98. The number of hydrogen-bond acceptors (Lipinski definition) is 5. The zero-order valence-electron chi connectivity index (χ0n) is 17.9. The van der Waals surface area contributed by atoms with Crippen LogP contribution < -0.4 is 10.2 Å². The summed E-state index contributed by atoms with van der Waals surface area (Å²) in [5, 5.41) is 11.3. The smallest absolute Gasteiger partial charge is 0.317 e. The maximum Gasteiger partial charge on any atom is 0.317 e. The van der Waals surface area contributed by atoms with Crippen molar-refractivity contribution in [2.45, 2.75) is 6.92 Å². The maximum atomic E-state index is 12.4. The molecule has 8 nitrogen and oxygen atoms in total. The number of piperazine rings is 1. The van der Waals surface area contributed by atoms with Crippen molar-refractivity contribution in [1.82, 2.24) is 30.3 Å². The minimum Gasteiger partial charge on any atom is -0.367 e. The largest absolute Gasteiger partial charge is 0.367 e. The van der Waals surface area contributed by atoms with Gasteiger partial charge >= 0.3 is 6.03 Å². The number of hydrogen-bond donors (Lipinski definition) is 2. The number of amides is 2. The van der Waals surface area contributed by atoms with Gasteiger partial charge in [-0.1, -0.05) is 6.07 Å². The molecule has 0 aliphatic carbocycles. The number of aryl methyl sites for hydroxylation is 1. The summed E-state index contributed by atoms with van der Waals surface area (Å²) in [5.41, 5.74) is 5.42. The quantitative estimate of drug-likeness (QED) is 0.679. The molecule has 2 N–H and O–H groups in total. The van der Waals surface area contributed by atoms with Crippen LogP contribution in [-0.2, 0) is 0 Å². The molecule has 2 amide bonds. The van der Waals surface area contributed by atoms with E-state index in [-0.39, 0.29) is 6.03 Å². The third-order valence-corrected chi connectivity index (χ3v) is 5.60. The monoisotopic (exact) mass is 407 g/mol. The first-order chi connectivity index (χ1) is 14.5. The molecule has 3 aromatic rings. The number of aromatic amines is 1. The van der Waals surface area contributed by atoms with Crippen molar-refractivity contribution in [3.8, 4) is 11.1 Å². The van der Waals surface area contributed by atoms with E-state index in [4.69, 9.17) is 0 Å². The van der Waals surface area contributed by atoms with Crippen LogP contribution in [0.5, 0.6) is 0 Å². The second kappa shape index (κ2) is 8.71. The fourth-order valence-corrected chi connectivity index (χ4v) is 3.87. The molecule has 0 spiro atoms. The molecule has 0 radical (unpaired) electrons. The highest BCUT2D eigenvalue weighted by atomic mass is 16.2. The Bertz CT molecular complexity index is 1020. The molecule has 1 aliphatic rings. The predicted octanol–water partition coefficient (Wildman–Crippen LogP) is 2.33. The van der Waals surface area contributed by atoms with Crippen molar-refractivity contribution in [1.29, 1.82) is 0 Å². The number of nitrogens with one attached hydrogen (secondary N) is 2. The Morgan fingerprint density at radius 1 is 1.20 bits per heavy atom. The summed E-state index contributed by atoms with van der Waals surface area (Å²) in [4.78, 5) is 23.3. The Hall–Kier alpha value is -3.13. The number of H-pyrrole nitrogens is 1. The molecule has 2 aromatic heterocycles. The highest BCUT2D eigenvalue weighted by Crippen LogP contribution is 2.31. The molecular formula is C22H29N7O. The normalized spacial score (nSPS) is 14.5. The Balaban J connectivity index is 1.49.